The fourth-order valence-corrected chi connectivity index (χ4v) is 2.32. The highest BCUT2D eigenvalue weighted by molar-refractivity contribution is 4.88. The van der Waals surface area contributed by atoms with Gasteiger partial charge in [-0.3, -0.25) is 4.90 Å². The summed E-state index contributed by atoms with van der Waals surface area (Å²) in [5.41, 5.74) is 0.264. The highest BCUT2D eigenvalue weighted by Crippen LogP contribution is 2.16. The van der Waals surface area contributed by atoms with Gasteiger partial charge in [0.2, 0.25) is 0 Å². The molecular weight excluding hydrogens is 186 g/mol. The predicted molar refractivity (Wildman–Crippen MR) is 66.2 cm³/mol. The molecule has 0 bridgehead atoms. The van der Waals surface area contributed by atoms with Gasteiger partial charge in [-0.2, -0.15) is 0 Å². The molecule has 1 saturated heterocycles. The minimum Gasteiger partial charge on any atom is -0.314 e. The summed E-state index contributed by atoms with van der Waals surface area (Å²) in [6, 6.07) is 0. The first-order chi connectivity index (χ1) is 7.06. The molecule has 1 aliphatic heterocycles. The standard InChI is InChI=1S/C12H25N3/c1-5-8-14(4)11-12(2,3)15-9-6-13-7-10-15/h5,13H,1,6-11H2,2-4H3. The largest absolute Gasteiger partial charge is 0.314 e. The molecule has 1 fully saturated rings. The minimum absolute atomic E-state index is 0.264. The summed E-state index contributed by atoms with van der Waals surface area (Å²) in [4.78, 5) is 4.90. The van der Waals surface area contributed by atoms with Crippen molar-refractivity contribution in [3.63, 3.8) is 0 Å². The summed E-state index contributed by atoms with van der Waals surface area (Å²) in [5.74, 6) is 0. The number of rotatable bonds is 5. The molecule has 1 aliphatic rings. The number of hydrogen-bond acceptors (Lipinski definition) is 3. The third-order valence-corrected chi connectivity index (χ3v) is 3.07. The Morgan fingerprint density at radius 1 is 1.40 bits per heavy atom. The molecule has 0 radical (unpaired) electrons. The van der Waals surface area contributed by atoms with Gasteiger partial charge in [0.1, 0.15) is 0 Å². The van der Waals surface area contributed by atoms with Crippen molar-refractivity contribution in [3.05, 3.63) is 12.7 Å². The van der Waals surface area contributed by atoms with Crippen LogP contribution in [0.25, 0.3) is 0 Å². The van der Waals surface area contributed by atoms with Crippen molar-refractivity contribution >= 4 is 0 Å². The Morgan fingerprint density at radius 3 is 2.53 bits per heavy atom. The van der Waals surface area contributed by atoms with E-state index in [0.717, 1.165) is 39.3 Å². The van der Waals surface area contributed by atoms with E-state index in [-0.39, 0.29) is 5.54 Å². The quantitative estimate of drug-likeness (QED) is 0.678. The molecule has 0 saturated carbocycles. The van der Waals surface area contributed by atoms with Crippen molar-refractivity contribution in [2.24, 2.45) is 0 Å². The van der Waals surface area contributed by atoms with Gasteiger partial charge in [-0.1, -0.05) is 6.08 Å². The second kappa shape index (κ2) is 5.64. The molecule has 15 heavy (non-hydrogen) atoms. The fourth-order valence-electron chi connectivity index (χ4n) is 2.32. The molecule has 88 valence electrons. The van der Waals surface area contributed by atoms with Crippen molar-refractivity contribution in [1.29, 1.82) is 0 Å². The Bertz CT molecular complexity index is 195. The number of nitrogens with zero attached hydrogens (tertiary/aromatic N) is 2. The zero-order chi connectivity index (χ0) is 11.3. The van der Waals surface area contributed by atoms with Crippen LogP contribution in [-0.4, -0.2) is 61.7 Å². The van der Waals surface area contributed by atoms with Gasteiger partial charge in [0.15, 0.2) is 0 Å². The average molecular weight is 211 g/mol. The Labute approximate surface area is 94.1 Å². The van der Waals surface area contributed by atoms with E-state index in [0.29, 0.717) is 0 Å². The lowest BCUT2D eigenvalue weighted by Gasteiger charge is -2.43. The summed E-state index contributed by atoms with van der Waals surface area (Å²) in [6.07, 6.45) is 1.97. The molecule has 0 aromatic carbocycles. The molecular formula is C12H25N3. The lowest BCUT2D eigenvalue weighted by Crippen LogP contribution is -2.57. The van der Waals surface area contributed by atoms with Crippen LogP contribution in [0.1, 0.15) is 13.8 Å². The Hall–Kier alpha value is -0.380. The molecule has 0 aliphatic carbocycles. The highest BCUT2D eigenvalue weighted by Gasteiger charge is 2.28. The molecule has 0 amide bonds. The lowest BCUT2D eigenvalue weighted by atomic mass is 10.0. The Kier molecular flexibility index (Phi) is 4.77. The number of piperazine rings is 1. The van der Waals surface area contributed by atoms with Crippen LogP contribution in [0.2, 0.25) is 0 Å². The fraction of sp³-hybridized carbons (Fsp3) is 0.833. The van der Waals surface area contributed by atoms with Crippen LogP contribution >= 0.6 is 0 Å². The second-order valence-corrected chi connectivity index (χ2v) is 5.03. The minimum atomic E-state index is 0.264. The summed E-state index contributed by atoms with van der Waals surface area (Å²) in [6.45, 7) is 15.1. The summed E-state index contributed by atoms with van der Waals surface area (Å²) < 4.78 is 0. The molecule has 0 aromatic heterocycles. The van der Waals surface area contributed by atoms with E-state index in [1.807, 2.05) is 6.08 Å². The van der Waals surface area contributed by atoms with Crippen LogP contribution in [0.15, 0.2) is 12.7 Å². The van der Waals surface area contributed by atoms with E-state index in [1.54, 1.807) is 0 Å². The topological polar surface area (TPSA) is 18.5 Å². The molecule has 1 heterocycles. The third-order valence-electron chi connectivity index (χ3n) is 3.07. The third kappa shape index (κ3) is 3.93. The van der Waals surface area contributed by atoms with Gasteiger partial charge in [0.25, 0.3) is 0 Å². The van der Waals surface area contributed by atoms with Gasteiger partial charge >= 0.3 is 0 Å². The molecule has 0 atom stereocenters. The van der Waals surface area contributed by atoms with Crippen LogP contribution in [0.3, 0.4) is 0 Å². The van der Waals surface area contributed by atoms with Crippen molar-refractivity contribution in [3.8, 4) is 0 Å². The highest BCUT2D eigenvalue weighted by atomic mass is 15.3. The smallest absolute Gasteiger partial charge is 0.0281 e. The van der Waals surface area contributed by atoms with Gasteiger partial charge in [-0.25, -0.2) is 0 Å². The van der Waals surface area contributed by atoms with Crippen molar-refractivity contribution in [2.45, 2.75) is 19.4 Å². The maximum atomic E-state index is 3.78. The first-order valence-electron chi connectivity index (χ1n) is 5.81. The summed E-state index contributed by atoms with van der Waals surface area (Å²) in [7, 11) is 2.16. The van der Waals surface area contributed by atoms with Gasteiger partial charge < -0.3 is 10.2 Å². The molecule has 0 spiro atoms. The van der Waals surface area contributed by atoms with E-state index >= 15 is 0 Å². The average Bonchev–Trinajstić information content (AvgIpc) is 2.18. The Balaban J connectivity index is 2.44. The van der Waals surface area contributed by atoms with Crippen LogP contribution < -0.4 is 5.32 Å². The van der Waals surface area contributed by atoms with Gasteiger partial charge in [-0.05, 0) is 20.9 Å². The van der Waals surface area contributed by atoms with Gasteiger partial charge in [0, 0.05) is 44.8 Å². The monoisotopic (exact) mass is 211 g/mol. The van der Waals surface area contributed by atoms with Crippen molar-refractivity contribution in [2.75, 3.05) is 46.3 Å². The van der Waals surface area contributed by atoms with E-state index in [1.165, 1.54) is 0 Å². The number of hydrogen-bond donors (Lipinski definition) is 1. The van der Waals surface area contributed by atoms with E-state index < -0.39 is 0 Å². The van der Waals surface area contributed by atoms with Crippen molar-refractivity contribution in [1.82, 2.24) is 15.1 Å². The number of nitrogens with one attached hydrogen (secondary N) is 1. The molecule has 0 aromatic rings. The molecule has 1 N–H and O–H groups in total. The van der Waals surface area contributed by atoms with Crippen molar-refractivity contribution < 1.29 is 0 Å². The van der Waals surface area contributed by atoms with Gasteiger partial charge in [0.05, 0.1) is 0 Å². The van der Waals surface area contributed by atoms with E-state index in [2.05, 4.69) is 42.6 Å². The maximum absolute atomic E-state index is 3.78. The van der Waals surface area contributed by atoms with E-state index in [9.17, 15) is 0 Å². The lowest BCUT2D eigenvalue weighted by molar-refractivity contribution is 0.0746. The number of likely N-dealkylation sites (N-methyl/N-ethyl adjacent to an activating group) is 1. The second-order valence-electron chi connectivity index (χ2n) is 5.03. The van der Waals surface area contributed by atoms with Crippen LogP contribution in [0, 0.1) is 0 Å². The predicted octanol–water partition coefficient (Wildman–Crippen LogP) is 0.788. The van der Waals surface area contributed by atoms with Crippen LogP contribution in [0.5, 0.6) is 0 Å². The normalized spacial score (nSPS) is 19.5. The van der Waals surface area contributed by atoms with Crippen LogP contribution in [0.4, 0.5) is 0 Å². The van der Waals surface area contributed by atoms with Crippen LogP contribution in [-0.2, 0) is 0 Å². The summed E-state index contributed by atoms with van der Waals surface area (Å²) >= 11 is 0. The zero-order valence-corrected chi connectivity index (χ0v) is 10.4. The summed E-state index contributed by atoms with van der Waals surface area (Å²) in [5, 5.41) is 3.39. The first-order valence-corrected chi connectivity index (χ1v) is 5.81. The van der Waals surface area contributed by atoms with E-state index in [4.69, 9.17) is 0 Å². The first kappa shape index (κ1) is 12.7. The molecule has 0 unspecified atom stereocenters. The molecule has 1 rings (SSSR count). The van der Waals surface area contributed by atoms with Gasteiger partial charge in [-0.15, -0.1) is 6.58 Å². The molecule has 3 heteroatoms. The SMILES string of the molecule is C=CCN(C)CC(C)(C)N1CCNCC1. The molecule has 3 nitrogen and oxygen atoms in total. The Morgan fingerprint density at radius 2 is 2.00 bits per heavy atom. The zero-order valence-electron chi connectivity index (χ0n) is 10.4. The maximum Gasteiger partial charge on any atom is 0.0281 e.